The lowest BCUT2D eigenvalue weighted by atomic mass is 10.1. The molecule has 1 saturated carbocycles. The molecule has 0 aromatic heterocycles. The van der Waals surface area contributed by atoms with Gasteiger partial charge in [-0.15, -0.1) is 0 Å². The minimum atomic E-state index is -0.548. The van der Waals surface area contributed by atoms with Gasteiger partial charge in [0.05, 0.1) is 12.7 Å². The van der Waals surface area contributed by atoms with E-state index in [4.69, 9.17) is 4.74 Å². The first kappa shape index (κ1) is 14.4. The van der Waals surface area contributed by atoms with Gasteiger partial charge in [-0.2, -0.15) is 0 Å². The minimum absolute atomic E-state index is 0.126. The standard InChI is InChI=1S/C15H22FNO2/c1-11(14-4-2-3-5-15(14)16)17-8-13(18)10-19-9-12-6-7-12/h2-5,11-13,17-18H,6-10H2,1H3/t11-,13?/m1/s1. The maximum absolute atomic E-state index is 13.5. The predicted molar refractivity (Wildman–Crippen MR) is 72.4 cm³/mol. The van der Waals surface area contributed by atoms with Gasteiger partial charge in [0.25, 0.3) is 0 Å². The Hall–Kier alpha value is -0.970. The Morgan fingerprint density at radius 1 is 1.42 bits per heavy atom. The summed E-state index contributed by atoms with van der Waals surface area (Å²) in [4.78, 5) is 0. The van der Waals surface area contributed by atoms with Gasteiger partial charge in [0.1, 0.15) is 5.82 Å². The van der Waals surface area contributed by atoms with Crippen molar-refractivity contribution in [2.24, 2.45) is 5.92 Å². The van der Waals surface area contributed by atoms with Crippen LogP contribution in [0.2, 0.25) is 0 Å². The van der Waals surface area contributed by atoms with E-state index >= 15 is 0 Å². The van der Waals surface area contributed by atoms with Crippen molar-refractivity contribution in [2.75, 3.05) is 19.8 Å². The maximum Gasteiger partial charge on any atom is 0.127 e. The van der Waals surface area contributed by atoms with Crippen LogP contribution in [0, 0.1) is 11.7 Å². The van der Waals surface area contributed by atoms with E-state index in [0.717, 1.165) is 6.61 Å². The second kappa shape index (κ2) is 6.98. The van der Waals surface area contributed by atoms with Gasteiger partial charge < -0.3 is 15.2 Å². The summed E-state index contributed by atoms with van der Waals surface area (Å²) in [7, 11) is 0. The van der Waals surface area contributed by atoms with Crippen LogP contribution in [0.25, 0.3) is 0 Å². The quantitative estimate of drug-likeness (QED) is 0.759. The fraction of sp³-hybridized carbons (Fsp3) is 0.600. The highest BCUT2D eigenvalue weighted by Gasteiger charge is 2.21. The summed E-state index contributed by atoms with van der Waals surface area (Å²) in [5.74, 6) is 0.486. The van der Waals surface area contributed by atoms with Gasteiger partial charge in [0.15, 0.2) is 0 Å². The first-order valence-electron chi connectivity index (χ1n) is 6.90. The Morgan fingerprint density at radius 2 is 2.16 bits per heavy atom. The molecule has 0 aliphatic heterocycles. The summed E-state index contributed by atoms with van der Waals surface area (Å²) in [6.45, 7) is 3.38. The molecule has 106 valence electrons. The van der Waals surface area contributed by atoms with E-state index in [9.17, 15) is 9.50 Å². The molecule has 19 heavy (non-hydrogen) atoms. The molecule has 0 saturated heterocycles. The second-order valence-electron chi connectivity index (χ2n) is 5.29. The number of nitrogens with one attached hydrogen (secondary N) is 1. The lowest BCUT2D eigenvalue weighted by molar-refractivity contribution is 0.0314. The van der Waals surface area contributed by atoms with Crippen LogP contribution in [0.3, 0.4) is 0 Å². The third kappa shape index (κ3) is 4.90. The zero-order chi connectivity index (χ0) is 13.7. The lowest BCUT2D eigenvalue weighted by Crippen LogP contribution is -2.32. The molecule has 0 amide bonds. The molecule has 2 N–H and O–H groups in total. The van der Waals surface area contributed by atoms with Crippen LogP contribution in [0.15, 0.2) is 24.3 Å². The molecule has 1 aromatic rings. The molecule has 3 nitrogen and oxygen atoms in total. The normalized spacial score (nSPS) is 18.3. The topological polar surface area (TPSA) is 41.5 Å². The SMILES string of the molecule is C[C@@H](NCC(O)COCC1CC1)c1ccccc1F. The van der Waals surface area contributed by atoms with Crippen molar-refractivity contribution in [3.63, 3.8) is 0 Å². The number of hydrogen-bond donors (Lipinski definition) is 2. The van der Waals surface area contributed by atoms with E-state index in [1.54, 1.807) is 12.1 Å². The number of ether oxygens (including phenoxy) is 1. The van der Waals surface area contributed by atoms with Crippen LogP contribution in [0.4, 0.5) is 4.39 Å². The third-order valence-corrected chi connectivity index (χ3v) is 3.39. The van der Waals surface area contributed by atoms with E-state index in [2.05, 4.69) is 5.32 Å². The van der Waals surface area contributed by atoms with Crippen molar-refractivity contribution in [2.45, 2.75) is 31.9 Å². The van der Waals surface area contributed by atoms with Gasteiger partial charge in [-0.3, -0.25) is 0 Å². The molecule has 2 atom stereocenters. The fourth-order valence-corrected chi connectivity index (χ4v) is 1.96. The highest BCUT2D eigenvalue weighted by atomic mass is 19.1. The number of halogens is 1. The van der Waals surface area contributed by atoms with E-state index in [-0.39, 0.29) is 11.9 Å². The van der Waals surface area contributed by atoms with E-state index in [1.165, 1.54) is 18.9 Å². The Labute approximate surface area is 113 Å². The summed E-state index contributed by atoms with van der Waals surface area (Å²) >= 11 is 0. The monoisotopic (exact) mass is 267 g/mol. The van der Waals surface area contributed by atoms with Crippen LogP contribution in [0.1, 0.15) is 31.4 Å². The molecule has 1 fully saturated rings. The molecule has 0 bridgehead atoms. The van der Waals surface area contributed by atoms with Crippen LogP contribution < -0.4 is 5.32 Å². The van der Waals surface area contributed by atoms with Crippen LogP contribution in [-0.2, 0) is 4.74 Å². The van der Waals surface area contributed by atoms with Gasteiger partial charge in [-0.25, -0.2) is 4.39 Å². The smallest absolute Gasteiger partial charge is 0.127 e. The van der Waals surface area contributed by atoms with Crippen molar-refractivity contribution in [3.8, 4) is 0 Å². The van der Waals surface area contributed by atoms with Crippen LogP contribution in [-0.4, -0.2) is 31.0 Å². The molecular weight excluding hydrogens is 245 g/mol. The van der Waals surface area contributed by atoms with Gasteiger partial charge in [-0.05, 0) is 31.7 Å². The zero-order valence-corrected chi connectivity index (χ0v) is 11.3. The Balaban J connectivity index is 1.67. The van der Waals surface area contributed by atoms with E-state index in [0.29, 0.717) is 24.6 Å². The summed E-state index contributed by atoms with van der Waals surface area (Å²) in [6, 6.07) is 6.56. The average molecular weight is 267 g/mol. The summed E-state index contributed by atoms with van der Waals surface area (Å²) in [5, 5.41) is 12.9. The van der Waals surface area contributed by atoms with Crippen molar-refractivity contribution in [1.29, 1.82) is 0 Å². The molecule has 4 heteroatoms. The number of rotatable bonds is 8. The van der Waals surface area contributed by atoms with Crippen molar-refractivity contribution in [1.82, 2.24) is 5.32 Å². The second-order valence-corrected chi connectivity index (χ2v) is 5.29. The Bertz CT molecular complexity index is 395. The first-order valence-corrected chi connectivity index (χ1v) is 6.90. The average Bonchev–Trinajstić information content (AvgIpc) is 3.20. The predicted octanol–water partition coefficient (Wildman–Crippen LogP) is 2.26. The van der Waals surface area contributed by atoms with Crippen molar-refractivity contribution < 1.29 is 14.2 Å². The van der Waals surface area contributed by atoms with Gasteiger partial charge in [0.2, 0.25) is 0 Å². The molecule has 0 spiro atoms. The fourth-order valence-electron chi connectivity index (χ4n) is 1.96. The van der Waals surface area contributed by atoms with Gasteiger partial charge in [0, 0.05) is 24.8 Å². The van der Waals surface area contributed by atoms with E-state index in [1.807, 2.05) is 13.0 Å². The number of aliphatic hydroxyl groups excluding tert-OH is 1. The van der Waals surface area contributed by atoms with Crippen molar-refractivity contribution >= 4 is 0 Å². The molecule has 1 aromatic carbocycles. The molecule has 1 aliphatic rings. The molecule has 0 radical (unpaired) electrons. The highest BCUT2D eigenvalue weighted by molar-refractivity contribution is 5.20. The first-order chi connectivity index (χ1) is 9.16. The summed E-state index contributed by atoms with van der Waals surface area (Å²) < 4.78 is 19.0. The van der Waals surface area contributed by atoms with Crippen molar-refractivity contribution in [3.05, 3.63) is 35.6 Å². The Morgan fingerprint density at radius 3 is 2.84 bits per heavy atom. The molecule has 1 aliphatic carbocycles. The summed E-state index contributed by atoms with van der Waals surface area (Å²) in [5.41, 5.74) is 0.619. The third-order valence-electron chi connectivity index (χ3n) is 3.39. The molecule has 2 rings (SSSR count). The number of benzene rings is 1. The molecule has 1 unspecified atom stereocenters. The van der Waals surface area contributed by atoms with Crippen LogP contribution >= 0.6 is 0 Å². The largest absolute Gasteiger partial charge is 0.389 e. The molecule has 0 heterocycles. The van der Waals surface area contributed by atoms with Gasteiger partial charge in [-0.1, -0.05) is 18.2 Å². The minimum Gasteiger partial charge on any atom is -0.389 e. The molecular formula is C15H22FNO2. The number of aliphatic hydroxyl groups is 1. The van der Waals surface area contributed by atoms with Gasteiger partial charge >= 0.3 is 0 Å². The summed E-state index contributed by atoms with van der Waals surface area (Å²) in [6.07, 6.45) is 1.95. The Kier molecular flexibility index (Phi) is 5.31. The zero-order valence-electron chi connectivity index (χ0n) is 11.3. The number of hydrogen-bond acceptors (Lipinski definition) is 3. The lowest BCUT2D eigenvalue weighted by Gasteiger charge is -2.18. The van der Waals surface area contributed by atoms with E-state index < -0.39 is 6.10 Å². The highest BCUT2D eigenvalue weighted by Crippen LogP contribution is 2.28. The maximum atomic E-state index is 13.5. The van der Waals surface area contributed by atoms with Crippen LogP contribution in [0.5, 0.6) is 0 Å².